The third kappa shape index (κ3) is 1.65. The van der Waals surface area contributed by atoms with Crippen molar-refractivity contribution in [3.63, 3.8) is 0 Å². The largest absolute Gasteiger partial charge is 0.536 e. The number of pyridine rings is 1. The summed E-state index contributed by atoms with van der Waals surface area (Å²) in [6, 6.07) is 21.4. The van der Waals surface area contributed by atoms with Gasteiger partial charge in [-0.1, -0.05) is 29.8 Å². The van der Waals surface area contributed by atoms with E-state index < -0.39 is 0 Å². The third-order valence-electron chi connectivity index (χ3n) is 6.74. The second kappa shape index (κ2) is 4.87. The Labute approximate surface area is 173 Å². The minimum Gasteiger partial charge on any atom is -0.536 e. The molecule has 0 unspecified atom stereocenters. The lowest BCUT2D eigenvalue weighted by atomic mass is 9.65. The van der Waals surface area contributed by atoms with Gasteiger partial charge in [0.1, 0.15) is 22.6 Å². The molecular weight excluding hydrogens is 371 g/mol. The van der Waals surface area contributed by atoms with Crippen LogP contribution in [0.5, 0.6) is 5.75 Å². The van der Waals surface area contributed by atoms with Gasteiger partial charge in [-0.3, -0.25) is 0 Å². The fourth-order valence-electron chi connectivity index (χ4n) is 5.60. The summed E-state index contributed by atoms with van der Waals surface area (Å²) in [6.45, 7) is 3.09. The van der Waals surface area contributed by atoms with Crippen molar-refractivity contribution in [2.75, 3.05) is 4.81 Å². The first-order valence-electron chi connectivity index (χ1n) is 10.3. The van der Waals surface area contributed by atoms with Gasteiger partial charge in [0, 0.05) is 33.9 Å². The monoisotopic (exact) mass is 387 g/mol. The summed E-state index contributed by atoms with van der Waals surface area (Å²) in [6.07, 6.45) is 2.18. The molecule has 0 aliphatic carbocycles. The average Bonchev–Trinajstić information content (AvgIpc) is 3.41. The second-order valence-corrected chi connectivity index (χ2v) is 8.51. The molecule has 0 fully saturated rings. The Balaban J connectivity index is 1.45. The van der Waals surface area contributed by atoms with E-state index in [-0.39, 0.29) is 7.05 Å². The molecule has 140 valence electrons. The van der Waals surface area contributed by atoms with Crippen molar-refractivity contribution in [3.05, 3.63) is 78.0 Å². The number of hydrogen-bond acceptors (Lipinski definition) is 3. The van der Waals surface area contributed by atoms with Gasteiger partial charge in [-0.05, 0) is 31.2 Å². The average molecular weight is 387 g/mol. The summed E-state index contributed by atoms with van der Waals surface area (Å²) in [5.41, 5.74) is 10.6. The fourth-order valence-corrected chi connectivity index (χ4v) is 5.60. The number of hydrogen-bond donors (Lipinski definition) is 0. The Bertz CT molecular complexity index is 1590. The smallest absolute Gasteiger partial charge is 0.525 e. The highest BCUT2D eigenvalue weighted by molar-refractivity contribution is 6.77. The van der Waals surface area contributed by atoms with Crippen LogP contribution in [0.25, 0.3) is 33.2 Å². The third-order valence-corrected chi connectivity index (χ3v) is 6.74. The molecule has 3 aliphatic heterocycles. The van der Waals surface area contributed by atoms with Crippen molar-refractivity contribution in [3.8, 4) is 17.0 Å². The van der Waals surface area contributed by atoms with Crippen molar-refractivity contribution in [1.29, 1.82) is 0 Å². The summed E-state index contributed by atoms with van der Waals surface area (Å²) in [7, 11) is -0.145. The Morgan fingerprint density at radius 3 is 2.83 bits per heavy atom. The number of anilines is 2. The van der Waals surface area contributed by atoms with Crippen LogP contribution in [0.3, 0.4) is 0 Å². The molecule has 0 atom stereocenters. The molecule has 5 heteroatoms. The van der Waals surface area contributed by atoms with Crippen molar-refractivity contribution in [1.82, 2.24) is 0 Å². The highest BCUT2D eigenvalue weighted by Gasteiger charge is 2.51. The Kier molecular flexibility index (Phi) is 2.46. The molecular formula is C25H16BN2O2+. The molecule has 4 nitrogen and oxygen atoms in total. The Morgan fingerprint density at radius 2 is 1.87 bits per heavy atom. The first-order chi connectivity index (χ1) is 14.8. The molecule has 0 saturated heterocycles. The van der Waals surface area contributed by atoms with Crippen molar-refractivity contribution < 1.29 is 13.6 Å². The number of benzene rings is 3. The van der Waals surface area contributed by atoms with Crippen LogP contribution in [0, 0.1) is 6.92 Å². The molecule has 8 rings (SSSR count). The van der Waals surface area contributed by atoms with Gasteiger partial charge < -0.3 is 13.9 Å². The standard InChI is InChI=1S/C25H16BN2O2/c1-14-9-15-13-27-8-4-6-19-25(27)24(15)18(10-14)26-28(19)20-12-22-17(11-23(20)30-26)16-5-2-3-7-21(16)29-22/h2-12H,13H2,1H3/q+1. The van der Waals surface area contributed by atoms with E-state index in [0.717, 1.165) is 39.9 Å². The first-order valence-corrected chi connectivity index (χ1v) is 10.3. The van der Waals surface area contributed by atoms with E-state index in [1.165, 1.54) is 33.5 Å². The number of nitrogens with zero attached hydrogens (tertiary/aromatic N) is 2. The number of aryl methyl sites for hydroxylation is 1. The van der Waals surface area contributed by atoms with Crippen LogP contribution in [0.15, 0.2) is 71.3 Å². The topological polar surface area (TPSA) is 29.5 Å². The van der Waals surface area contributed by atoms with Crippen molar-refractivity contribution in [2.24, 2.45) is 0 Å². The molecule has 30 heavy (non-hydrogen) atoms. The maximum atomic E-state index is 6.63. The summed E-state index contributed by atoms with van der Waals surface area (Å²) in [5.74, 6) is 0.914. The summed E-state index contributed by atoms with van der Waals surface area (Å²) >= 11 is 0. The SMILES string of the molecule is Cc1cc2c3c(c1)B1Oc4cc5c(cc4N1c1ccc[n+](c1-3)C2)oc1ccccc15. The van der Waals surface area contributed by atoms with E-state index in [2.05, 4.69) is 71.0 Å². The molecule has 0 N–H and O–H groups in total. The minimum absolute atomic E-state index is 0.145. The Morgan fingerprint density at radius 1 is 0.933 bits per heavy atom. The minimum atomic E-state index is -0.145. The Hall–Kier alpha value is -3.73. The van der Waals surface area contributed by atoms with Crippen LogP contribution in [0.1, 0.15) is 11.1 Å². The van der Waals surface area contributed by atoms with Gasteiger partial charge in [-0.15, -0.1) is 0 Å². The predicted molar refractivity (Wildman–Crippen MR) is 118 cm³/mol. The maximum absolute atomic E-state index is 6.63. The molecule has 5 aromatic rings. The predicted octanol–water partition coefficient (Wildman–Crippen LogP) is 4.45. The molecule has 3 aliphatic rings. The van der Waals surface area contributed by atoms with E-state index in [9.17, 15) is 0 Å². The van der Waals surface area contributed by atoms with E-state index in [4.69, 9.17) is 9.07 Å². The zero-order valence-corrected chi connectivity index (χ0v) is 16.3. The normalized spacial score (nSPS) is 14.8. The van der Waals surface area contributed by atoms with Crippen LogP contribution in [0.2, 0.25) is 0 Å². The first kappa shape index (κ1) is 15.2. The van der Waals surface area contributed by atoms with E-state index in [1.54, 1.807) is 0 Å². The maximum Gasteiger partial charge on any atom is 0.525 e. The van der Waals surface area contributed by atoms with E-state index in [0.29, 0.717) is 0 Å². The van der Waals surface area contributed by atoms with Gasteiger partial charge in [0.25, 0.3) is 0 Å². The molecule has 0 amide bonds. The number of furan rings is 1. The molecule has 0 spiro atoms. The quantitative estimate of drug-likeness (QED) is 0.285. The molecule has 2 aromatic heterocycles. The fraction of sp³-hybridized carbons (Fsp3) is 0.0800. The lowest BCUT2D eigenvalue weighted by Gasteiger charge is -2.27. The number of para-hydroxylation sites is 1. The second-order valence-electron chi connectivity index (χ2n) is 8.51. The van der Waals surface area contributed by atoms with Crippen LogP contribution in [-0.2, 0) is 6.54 Å². The van der Waals surface area contributed by atoms with E-state index >= 15 is 0 Å². The molecule has 3 aromatic carbocycles. The van der Waals surface area contributed by atoms with Crippen LogP contribution in [-0.4, -0.2) is 7.05 Å². The van der Waals surface area contributed by atoms with Crippen LogP contribution in [0.4, 0.5) is 11.4 Å². The molecule has 0 radical (unpaired) electrons. The van der Waals surface area contributed by atoms with Crippen molar-refractivity contribution >= 4 is 45.8 Å². The lowest BCUT2D eigenvalue weighted by molar-refractivity contribution is -0.671. The summed E-state index contributed by atoms with van der Waals surface area (Å²) < 4.78 is 15.2. The van der Waals surface area contributed by atoms with Gasteiger partial charge in [0.15, 0.2) is 12.7 Å². The number of aromatic nitrogens is 1. The van der Waals surface area contributed by atoms with Crippen molar-refractivity contribution in [2.45, 2.75) is 13.5 Å². The lowest BCUT2D eigenvalue weighted by Crippen LogP contribution is -2.51. The highest BCUT2D eigenvalue weighted by atomic mass is 16.5. The zero-order chi connectivity index (χ0) is 19.6. The van der Waals surface area contributed by atoms with Crippen LogP contribution < -0.4 is 19.5 Å². The van der Waals surface area contributed by atoms with Gasteiger partial charge >= 0.3 is 7.05 Å². The number of fused-ring (bicyclic) bond motifs is 8. The number of rotatable bonds is 0. The van der Waals surface area contributed by atoms with Gasteiger partial charge in [-0.25, -0.2) is 0 Å². The summed E-state index contributed by atoms with van der Waals surface area (Å²) in [5, 5.41) is 2.23. The zero-order valence-electron chi connectivity index (χ0n) is 16.3. The summed E-state index contributed by atoms with van der Waals surface area (Å²) in [4.78, 5) is 2.34. The highest BCUT2D eigenvalue weighted by Crippen LogP contribution is 2.50. The molecule has 0 saturated carbocycles. The van der Waals surface area contributed by atoms with Gasteiger partial charge in [0.05, 0.1) is 11.3 Å². The van der Waals surface area contributed by atoms with Gasteiger partial charge in [-0.2, -0.15) is 4.57 Å². The molecule has 5 heterocycles. The van der Waals surface area contributed by atoms with E-state index in [1.807, 2.05) is 12.1 Å². The van der Waals surface area contributed by atoms with Gasteiger partial charge in [0.2, 0.25) is 5.69 Å². The molecule has 0 bridgehead atoms. The van der Waals surface area contributed by atoms with Crippen LogP contribution >= 0.6 is 0 Å².